The first-order chi connectivity index (χ1) is 11.4. The number of aryl methyl sites for hydroxylation is 1. The second-order valence-electron chi connectivity index (χ2n) is 5.55. The Morgan fingerprint density at radius 1 is 1.17 bits per heavy atom. The van der Waals surface area contributed by atoms with Crippen molar-refractivity contribution in [1.82, 2.24) is 4.90 Å². The van der Waals surface area contributed by atoms with Gasteiger partial charge in [0, 0.05) is 13.6 Å². The van der Waals surface area contributed by atoms with E-state index in [0.29, 0.717) is 11.6 Å². The Hall–Kier alpha value is -2.53. The average molecular weight is 347 g/mol. The van der Waals surface area contributed by atoms with Crippen molar-refractivity contribution in [2.45, 2.75) is 13.5 Å². The van der Waals surface area contributed by atoms with E-state index in [-0.39, 0.29) is 23.8 Å². The molecule has 0 saturated heterocycles. The number of nitrogens with two attached hydrogens (primary N) is 1. The second-order valence-corrected chi connectivity index (χ2v) is 5.96. The lowest BCUT2D eigenvalue weighted by molar-refractivity contribution is -0.133. The highest BCUT2D eigenvalue weighted by Gasteiger charge is 2.14. The molecule has 2 aromatic rings. The van der Waals surface area contributed by atoms with Gasteiger partial charge < -0.3 is 15.4 Å². The number of ether oxygens (including phenoxy) is 1. The largest absolute Gasteiger partial charge is 0.452 e. The van der Waals surface area contributed by atoms with Gasteiger partial charge in [0.1, 0.15) is 0 Å². The Labute approximate surface area is 146 Å². The van der Waals surface area contributed by atoms with Crippen molar-refractivity contribution in [1.29, 1.82) is 0 Å². The molecule has 2 rings (SSSR count). The minimum atomic E-state index is -0.615. The predicted molar refractivity (Wildman–Crippen MR) is 93.8 cm³/mol. The van der Waals surface area contributed by atoms with Crippen molar-refractivity contribution in [2.75, 3.05) is 19.4 Å². The molecule has 0 radical (unpaired) electrons. The summed E-state index contributed by atoms with van der Waals surface area (Å²) in [5.74, 6) is -0.902. The van der Waals surface area contributed by atoms with Crippen molar-refractivity contribution in [3.8, 4) is 0 Å². The summed E-state index contributed by atoms with van der Waals surface area (Å²) >= 11 is 5.80. The molecule has 5 nitrogen and oxygen atoms in total. The van der Waals surface area contributed by atoms with Gasteiger partial charge in [-0.25, -0.2) is 4.79 Å². The third kappa shape index (κ3) is 4.73. The van der Waals surface area contributed by atoms with Crippen LogP contribution in [0.25, 0.3) is 0 Å². The zero-order valence-electron chi connectivity index (χ0n) is 13.6. The molecule has 0 saturated carbocycles. The van der Waals surface area contributed by atoms with Crippen LogP contribution in [0, 0.1) is 6.92 Å². The highest BCUT2D eigenvalue weighted by Crippen LogP contribution is 2.19. The summed E-state index contributed by atoms with van der Waals surface area (Å²) in [6.07, 6.45) is 0. The van der Waals surface area contributed by atoms with Crippen LogP contribution in [0.2, 0.25) is 5.02 Å². The van der Waals surface area contributed by atoms with Gasteiger partial charge in [0.2, 0.25) is 0 Å². The standard InChI is InChI=1S/C18H19ClN2O3/c1-12-3-5-13(6-4-12)10-21(2)17(22)11-24-18(23)14-7-8-15(19)16(20)9-14/h3-9H,10-11,20H2,1-2H3. The minimum absolute atomic E-state index is 0.255. The van der Waals surface area contributed by atoms with E-state index in [0.717, 1.165) is 11.1 Å². The second kappa shape index (κ2) is 7.84. The number of anilines is 1. The number of hydrogen-bond acceptors (Lipinski definition) is 4. The van der Waals surface area contributed by atoms with E-state index >= 15 is 0 Å². The number of nitrogen functional groups attached to an aromatic ring is 1. The summed E-state index contributed by atoms with van der Waals surface area (Å²) < 4.78 is 5.03. The molecule has 0 fully saturated rings. The molecule has 1 amide bonds. The maximum absolute atomic E-state index is 12.1. The van der Waals surface area contributed by atoms with Gasteiger partial charge in [-0.05, 0) is 30.7 Å². The molecule has 0 aromatic heterocycles. The van der Waals surface area contributed by atoms with E-state index in [1.54, 1.807) is 7.05 Å². The Morgan fingerprint density at radius 3 is 2.46 bits per heavy atom. The number of nitrogens with zero attached hydrogens (tertiary/aromatic N) is 1. The lowest BCUT2D eigenvalue weighted by Gasteiger charge is -2.17. The third-order valence-electron chi connectivity index (χ3n) is 3.52. The van der Waals surface area contributed by atoms with Crippen molar-refractivity contribution in [3.05, 3.63) is 64.2 Å². The van der Waals surface area contributed by atoms with Gasteiger partial charge in [-0.15, -0.1) is 0 Å². The van der Waals surface area contributed by atoms with Gasteiger partial charge in [0.25, 0.3) is 5.91 Å². The van der Waals surface area contributed by atoms with Crippen LogP contribution in [-0.4, -0.2) is 30.4 Å². The van der Waals surface area contributed by atoms with E-state index in [9.17, 15) is 9.59 Å². The number of esters is 1. The SMILES string of the molecule is Cc1ccc(CN(C)C(=O)COC(=O)c2ccc(Cl)c(N)c2)cc1. The Balaban J connectivity index is 1.88. The molecule has 2 N–H and O–H groups in total. The van der Waals surface area contributed by atoms with E-state index in [2.05, 4.69) is 0 Å². The highest BCUT2D eigenvalue weighted by atomic mass is 35.5. The number of carbonyl (C=O) groups is 2. The van der Waals surface area contributed by atoms with Gasteiger partial charge >= 0.3 is 5.97 Å². The van der Waals surface area contributed by atoms with E-state index < -0.39 is 5.97 Å². The molecule has 0 aliphatic rings. The molecular formula is C18H19ClN2O3. The summed E-state index contributed by atoms with van der Waals surface area (Å²) in [7, 11) is 1.66. The summed E-state index contributed by atoms with van der Waals surface area (Å²) in [6.45, 7) is 2.12. The van der Waals surface area contributed by atoms with Crippen LogP contribution in [0.3, 0.4) is 0 Å². The Bertz CT molecular complexity index is 744. The molecule has 0 bridgehead atoms. The molecular weight excluding hydrogens is 328 g/mol. The molecule has 24 heavy (non-hydrogen) atoms. The minimum Gasteiger partial charge on any atom is -0.452 e. The van der Waals surface area contributed by atoms with Crippen molar-refractivity contribution < 1.29 is 14.3 Å². The topological polar surface area (TPSA) is 72.6 Å². The molecule has 6 heteroatoms. The molecule has 0 aliphatic carbocycles. The van der Waals surface area contributed by atoms with E-state index in [1.165, 1.54) is 23.1 Å². The quantitative estimate of drug-likeness (QED) is 0.667. The molecule has 2 aromatic carbocycles. The number of carbonyl (C=O) groups excluding carboxylic acids is 2. The van der Waals surface area contributed by atoms with Crippen LogP contribution in [0.5, 0.6) is 0 Å². The molecule has 0 aliphatic heterocycles. The van der Waals surface area contributed by atoms with Crippen LogP contribution in [0.4, 0.5) is 5.69 Å². The van der Waals surface area contributed by atoms with Gasteiger partial charge in [-0.1, -0.05) is 41.4 Å². The lowest BCUT2D eigenvalue weighted by atomic mass is 10.1. The molecule has 0 spiro atoms. The zero-order valence-corrected chi connectivity index (χ0v) is 14.3. The van der Waals surface area contributed by atoms with Crippen LogP contribution in [0.15, 0.2) is 42.5 Å². The van der Waals surface area contributed by atoms with E-state index in [4.69, 9.17) is 22.1 Å². The molecule has 126 valence electrons. The Morgan fingerprint density at radius 2 is 1.83 bits per heavy atom. The van der Waals surface area contributed by atoms with Crippen LogP contribution in [0.1, 0.15) is 21.5 Å². The van der Waals surface area contributed by atoms with Gasteiger partial charge in [-0.2, -0.15) is 0 Å². The summed E-state index contributed by atoms with van der Waals surface area (Å²) in [6, 6.07) is 12.3. The smallest absolute Gasteiger partial charge is 0.338 e. The lowest BCUT2D eigenvalue weighted by Crippen LogP contribution is -2.30. The van der Waals surface area contributed by atoms with Gasteiger partial charge in [-0.3, -0.25) is 4.79 Å². The van der Waals surface area contributed by atoms with Crippen LogP contribution < -0.4 is 5.73 Å². The monoisotopic (exact) mass is 346 g/mol. The van der Waals surface area contributed by atoms with Gasteiger partial charge in [0.05, 0.1) is 16.3 Å². The fourth-order valence-electron chi connectivity index (χ4n) is 2.05. The predicted octanol–water partition coefficient (Wildman–Crippen LogP) is 3.05. The number of amides is 1. The summed E-state index contributed by atoms with van der Waals surface area (Å²) in [5, 5.41) is 0.362. The average Bonchev–Trinajstić information content (AvgIpc) is 2.56. The number of halogens is 1. The van der Waals surface area contributed by atoms with Crippen molar-refractivity contribution in [3.63, 3.8) is 0 Å². The molecule has 0 heterocycles. The number of likely N-dealkylation sites (N-methyl/N-ethyl adjacent to an activating group) is 1. The number of hydrogen-bond donors (Lipinski definition) is 1. The first kappa shape index (κ1) is 17.8. The normalized spacial score (nSPS) is 10.3. The fraction of sp³-hybridized carbons (Fsp3) is 0.222. The Kier molecular flexibility index (Phi) is 5.82. The summed E-state index contributed by atoms with van der Waals surface area (Å²) in [5.41, 5.74) is 8.35. The first-order valence-corrected chi connectivity index (χ1v) is 7.76. The van der Waals surface area contributed by atoms with Crippen molar-refractivity contribution in [2.24, 2.45) is 0 Å². The number of benzene rings is 2. The maximum Gasteiger partial charge on any atom is 0.338 e. The van der Waals surface area contributed by atoms with Gasteiger partial charge in [0.15, 0.2) is 6.61 Å². The first-order valence-electron chi connectivity index (χ1n) is 7.38. The third-order valence-corrected chi connectivity index (χ3v) is 3.87. The maximum atomic E-state index is 12.1. The number of rotatable bonds is 5. The van der Waals surface area contributed by atoms with E-state index in [1.807, 2.05) is 31.2 Å². The summed E-state index contributed by atoms with van der Waals surface area (Å²) in [4.78, 5) is 25.5. The zero-order chi connectivity index (χ0) is 17.7. The fourth-order valence-corrected chi connectivity index (χ4v) is 2.16. The van der Waals surface area contributed by atoms with Crippen molar-refractivity contribution >= 4 is 29.2 Å². The van der Waals surface area contributed by atoms with Crippen LogP contribution in [-0.2, 0) is 16.1 Å². The molecule has 0 atom stereocenters. The molecule has 0 unspecified atom stereocenters. The highest BCUT2D eigenvalue weighted by molar-refractivity contribution is 6.33. The van der Waals surface area contributed by atoms with Crippen LogP contribution >= 0.6 is 11.6 Å².